The number of hydrogen-bond acceptors (Lipinski definition) is 9. The molecule has 4 aromatic carbocycles. The molecule has 0 atom stereocenters. The van der Waals surface area contributed by atoms with Gasteiger partial charge < -0.3 is 0 Å². The van der Waals surface area contributed by atoms with Crippen molar-refractivity contribution in [3.63, 3.8) is 0 Å². The van der Waals surface area contributed by atoms with Crippen LogP contribution in [0.2, 0.25) is 0 Å². The molecule has 8 aromatic rings. The van der Waals surface area contributed by atoms with Crippen molar-refractivity contribution in [1.29, 1.82) is 0 Å². The average Bonchev–Trinajstić information content (AvgIpc) is 3.33. The van der Waals surface area contributed by atoms with Crippen LogP contribution in [0.5, 0.6) is 0 Å². The Morgan fingerprint density at radius 2 is 0.857 bits per heavy atom. The topological polar surface area (TPSA) is 175 Å². The Bertz CT molecular complexity index is 3460. The standard InChI is InChI=1S/C27H22F3N3O3S.C24H18F3N3O2S/c1-3-26(34)33-37(35,36)22-7-4-6-19(15-22)23-8-5-9-24(32-23)25-16-20(14-17(2)31-25)18-10-12-21(13-11-18)27(28,29)30;1-15-12-18(16-8-10-19(11-9-16)24(25,26)27)14-23(29-15)22-7-3-6-21(30-22)17-4-2-5-20(13-17)33(28,31)32/h4-16H,3H2,1-2H3,(H,33,34);2-14H,1H3,(H2,28,31,32). The van der Waals surface area contributed by atoms with E-state index in [4.69, 9.17) is 5.14 Å². The minimum absolute atomic E-state index is 0.0227. The van der Waals surface area contributed by atoms with E-state index in [0.29, 0.717) is 78.9 Å². The Hall–Kier alpha value is -7.61. The first kappa shape index (κ1) is 50.3. The lowest BCUT2D eigenvalue weighted by molar-refractivity contribution is -0.138. The minimum Gasteiger partial charge on any atom is -0.274 e. The number of pyridine rings is 4. The molecule has 358 valence electrons. The Balaban J connectivity index is 0.000000208. The SMILES string of the molecule is CCC(=O)NS(=O)(=O)c1cccc(-c2cccc(-c3cc(-c4ccc(C(F)(F)F)cc4)cc(C)n3)n2)c1.Cc1cc(-c2ccc(C(F)(F)F)cc2)cc(-c2cccc(-c3cccc(S(N)(=O)=O)c3)n2)n1. The molecule has 0 saturated heterocycles. The molecule has 0 aliphatic carbocycles. The molecule has 0 unspecified atom stereocenters. The smallest absolute Gasteiger partial charge is 0.274 e. The summed E-state index contributed by atoms with van der Waals surface area (Å²) in [4.78, 5) is 29.8. The van der Waals surface area contributed by atoms with Gasteiger partial charge in [0.25, 0.3) is 10.0 Å². The number of primary sulfonamides is 1. The molecule has 8 rings (SSSR count). The second-order valence-electron chi connectivity index (χ2n) is 15.7. The van der Waals surface area contributed by atoms with Crippen molar-refractivity contribution >= 4 is 26.0 Å². The molecule has 19 heteroatoms. The van der Waals surface area contributed by atoms with Crippen molar-refractivity contribution in [3.8, 4) is 67.5 Å². The second-order valence-corrected chi connectivity index (χ2v) is 19.0. The van der Waals surface area contributed by atoms with E-state index in [0.717, 1.165) is 24.3 Å². The summed E-state index contributed by atoms with van der Waals surface area (Å²) in [5.74, 6) is -0.611. The van der Waals surface area contributed by atoms with E-state index in [-0.39, 0.29) is 16.2 Å². The van der Waals surface area contributed by atoms with Crippen LogP contribution in [-0.2, 0) is 37.2 Å². The fourth-order valence-electron chi connectivity index (χ4n) is 7.05. The molecule has 0 aliphatic heterocycles. The lowest BCUT2D eigenvalue weighted by Crippen LogP contribution is -2.29. The summed E-state index contributed by atoms with van der Waals surface area (Å²) in [6, 6.07) is 39.5. The van der Waals surface area contributed by atoms with E-state index in [1.807, 2.05) is 4.72 Å². The van der Waals surface area contributed by atoms with Gasteiger partial charge in [-0.25, -0.2) is 36.7 Å². The van der Waals surface area contributed by atoms with Crippen LogP contribution in [0.4, 0.5) is 26.3 Å². The maximum atomic E-state index is 12.9. The zero-order valence-corrected chi connectivity index (χ0v) is 38.8. The number of amides is 1. The Labute approximate surface area is 399 Å². The highest BCUT2D eigenvalue weighted by molar-refractivity contribution is 7.90. The van der Waals surface area contributed by atoms with Gasteiger partial charge in [-0.2, -0.15) is 26.3 Å². The predicted molar refractivity (Wildman–Crippen MR) is 253 cm³/mol. The first-order valence-corrected chi connectivity index (χ1v) is 24.1. The number of nitrogens with zero attached hydrogens (tertiary/aromatic N) is 4. The van der Waals surface area contributed by atoms with Crippen LogP contribution in [0.25, 0.3) is 67.5 Å². The lowest BCUT2D eigenvalue weighted by Gasteiger charge is -2.11. The zero-order valence-electron chi connectivity index (χ0n) is 37.2. The average molecular weight is 995 g/mol. The number of aromatic nitrogens is 4. The molecule has 3 N–H and O–H groups in total. The van der Waals surface area contributed by atoms with Crippen LogP contribution in [0, 0.1) is 13.8 Å². The molecule has 1 amide bonds. The van der Waals surface area contributed by atoms with Gasteiger partial charge in [0.1, 0.15) is 0 Å². The first-order chi connectivity index (χ1) is 33.0. The van der Waals surface area contributed by atoms with Crippen LogP contribution >= 0.6 is 0 Å². The Morgan fingerprint density at radius 3 is 1.26 bits per heavy atom. The van der Waals surface area contributed by atoms with E-state index < -0.39 is 49.4 Å². The van der Waals surface area contributed by atoms with Gasteiger partial charge in [-0.15, -0.1) is 0 Å². The third-order valence-electron chi connectivity index (χ3n) is 10.5. The molecular weight excluding hydrogens is 955 g/mol. The number of carbonyl (C=O) groups excluding carboxylic acids is 1. The zero-order chi connectivity index (χ0) is 50.6. The normalized spacial score (nSPS) is 11.9. The van der Waals surface area contributed by atoms with Gasteiger partial charge in [-0.05, 0) is 133 Å². The van der Waals surface area contributed by atoms with Gasteiger partial charge in [0, 0.05) is 28.9 Å². The van der Waals surface area contributed by atoms with E-state index in [1.54, 1.807) is 106 Å². The molecule has 0 spiro atoms. The summed E-state index contributed by atoms with van der Waals surface area (Å²) in [6.45, 7) is 5.12. The summed E-state index contributed by atoms with van der Waals surface area (Å²) >= 11 is 0. The molecule has 11 nitrogen and oxygen atoms in total. The number of nitrogens with one attached hydrogen (secondary N) is 1. The van der Waals surface area contributed by atoms with Crippen LogP contribution in [0.3, 0.4) is 0 Å². The van der Waals surface area contributed by atoms with Crippen LogP contribution < -0.4 is 9.86 Å². The molecule has 0 aliphatic rings. The van der Waals surface area contributed by atoms with Gasteiger partial charge in [-0.3, -0.25) is 14.8 Å². The molecular formula is C51H40F6N6O5S2. The van der Waals surface area contributed by atoms with Crippen molar-refractivity contribution in [2.45, 2.75) is 49.3 Å². The minimum atomic E-state index is -4.42. The molecule has 4 aromatic heterocycles. The van der Waals surface area contributed by atoms with Gasteiger partial charge in [0.05, 0.1) is 55.1 Å². The van der Waals surface area contributed by atoms with Gasteiger partial charge in [0.2, 0.25) is 15.9 Å². The molecule has 70 heavy (non-hydrogen) atoms. The number of rotatable bonds is 10. The fraction of sp³-hybridized carbons (Fsp3) is 0.118. The molecule has 0 radical (unpaired) electrons. The predicted octanol–water partition coefficient (Wildman–Crippen LogP) is 11.5. The second kappa shape index (κ2) is 20.2. The molecule has 4 heterocycles. The molecule has 0 fully saturated rings. The van der Waals surface area contributed by atoms with Crippen LogP contribution in [0.1, 0.15) is 35.9 Å². The quantitative estimate of drug-likeness (QED) is 0.126. The van der Waals surface area contributed by atoms with Crippen LogP contribution in [-0.4, -0.2) is 42.7 Å². The number of hydrogen-bond donors (Lipinski definition) is 2. The molecule has 0 bridgehead atoms. The van der Waals surface area contributed by atoms with Crippen molar-refractivity contribution in [1.82, 2.24) is 24.7 Å². The summed E-state index contributed by atoms with van der Waals surface area (Å²) in [5.41, 5.74) is 6.66. The number of alkyl halides is 6. The number of benzene rings is 4. The van der Waals surface area contributed by atoms with Gasteiger partial charge in [0.15, 0.2) is 0 Å². The van der Waals surface area contributed by atoms with E-state index in [2.05, 4.69) is 19.9 Å². The maximum absolute atomic E-state index is 12.9. The first-order valence-electron chi connectivity index (χ1n) is 21.0. The summed E-state index contributed by atoms with van der Waals surface area (Å²) in [5, 5.41) is 5.23. The van der Waals surface area contributed by atoms with Gasteiger partial charge in [-0.1, -0.05) is 67.6 Å². The summed E-state index contributed by atoms with van der Waals surface area (Å²) in [6.07, 6.45) is -8.79. The number of nitrogens with two attached hydrogens (primary N) is 1. The van der Waals surface area contributed by atoms with Crippen molar-refractivity contribution in [3.05, 3.63) is 180 Å². The van der Waals surface area contributed by atoms with Gasteiger partial charge >= 0.3 is 12.4 Å². The third kappa shape index (κ3) is 12.3. The number of aryl methyl sites for hydroxylation is 2. The highest BCUT2D eigenvalue weighted by Gasteiger charge is 2.31. The largest absolute Gasteiger partial charge is 0.416 e. The molecule has 0 saturated carbocycles. The lowest BCUT2D eigenvalue weighted by atomic mass is 10.0. The van der Waals surface area contributed by atoms with Crippen molar-refractivity contribution in [2.24, 2.45) is 5.14 Å². The highest BCUT2D eigenvalue weighted by atomic mass is 32.2. The maximum Gasteiger partial charge on any atom is 0.416 e. The Morgan fingerprint density at radius 1 is 0.471 bits per heavy atom. The summed E-state index contributed by atoms with van der Waals surface area (Å²) < 4.78 is 128. The summed E-state index contributed by atoms with van der Waals surface area (Å²) in [7, 11) is -7.89. The Kier molecular flexibility index (Phi) is 14.5. The fourth-order valence-corrected chi connectivity index (χ4v) is 8.71. The van der Waals surface area contributed by atoms with Crippen molar-refractivity contribution < 1.29 is 48.0 Å². The number of halogens is 6. The van der Waals surface area contributed by atoms with E-state index >= 15 is 0 Å². The van der Waals surface area contributed by atoms with Crippen molar-refractivity contribution in [2.75, 3.05) is 0 Å². The number of sulfonamides is 2. The highest BCUT2D eigenvalue weighted by Crippen LogP contribution is 2.34. The van der Waals surface area contributed by atoms with E-state index in [1.165, 1.54) is 48.5 Å². The monoisotopic (exact) mass is 994 g/mol. The third-order valence-corrected chi connectivity index (χ3v) is 12.8. The number of carbonyl (C=O) groups is 1. The van der Waals surface area contributed by atoms with E-state index in [9.17, 15) is 48.0 Å². The van der Waals surface area contributed by atoms with Crippen LogP contribution in [0.15, 0.2) is 168 Å².